The fraction of sp³-hybridized carbons (Fsp3) is 0.125. The van der Waals surface area contributed by atoms with Gasteiger partial charge in [-0.1, -0.05) is 12.1 Å². The number of benzene rings is 1. The molecule has 2 heterocycles. The monoisotopic (exact) mass is 267 g/mol. The van der Waals surface area contributed by atoms with Crippen LogP contribution in [-0.4, -0.2) is 9.97 Å². The van der Waals surface area contributed by atoms with Crippen LogP contribution in [0.3, 0.4) is 0 Å². The van der Waals surface area contributed by atoms with Gasteiger partial charge in [0.15, 0.2) is 0 Å². The van der Waals surface area contributed by atoms with Gasteiger partial charge in [-0.15, -0.1) is 0 Å². The average molecular weight is 267 g/mol. The van der Waals surface area contributed by atoms with Gasteiger partial charge in [-0.2, -0.15) is 0 Å². The molecule has 100 valence electrons. The number of hydrogen-bond acceptors (Lipinski definition) is 3. The molecule has 3 aromatic rings. The Hall–Kier alpha value is -2.33. The molecule has 20 heavy (non-hydrogen) atoms. The van der Waals surface area contributed by atoms with E-state index in [2.05, 4.69) is 9.97 Å². The minimum absolute atomic E-state index is 0.256. The Bertz CT molecular complexity index is 771. The van der Waals surface area contributed by atoms with Crippen molar-refractivity contribution < 1.29 is 4.39 Å². The molecule has 1 atom stereocenters. The number of halogens is 1. The van der Waals surface area contributed by atoms with Crippen molar-refractivity contribution in [1.82, 2.24) is 9.97 Å². The van der Waals surface area contributed by atoms with E-state index in [9.17, 15) is 4.39 Å². The molecule has 0 aliphatic heterocycles. The Labute approximate surface area is 116 Å². The summed E-state index contributed by atoms with van der Waals surface area (Å²) in [5.41, 5.74) is 9.06. The first-order valence-corrected chi connectivity index (χ1v) is 6.38. The average Bonchev–Trinajstić information content (AvgIpc) is 2.46. The van der Waals surface area contributed by atoms with E-state index in [1.807, 2.05) is 37.3 Å². The summed E-state index contributed by atoms with van der Waals surface area (Å²) in [7, 11) is 0. The third kappa shape index (κ3) is 2.26. The number of hydrogen-bond donors (Lipinski definition) is 1. The van der Waals surface area contributed by atoms with E-state index in [1.165, 1.54) is 6.07 Å². The normalized spacial score (nSPS) is 12.6. The van der Waals surface area contributed by atoms with Gasteiger partial charge in [0.2, 0.25) is 0 Å². The number of aromatic nitrogens is 2. The maximum atomic E-state index is 13.7. The highest BCUT2D eigenvalue weighted by Gasteiger charge is 2.15. The molecule has 0 amide bonds. The Kier molecular flexibility index (Phi) is 3.16. The summed E-state index contributed by atoms with van der Waals surface area (Å²) in [5.74, 6) is -0.387. The summed E-state index contributed by atoms with van der Waals surface area (Å²) < 4.78 is 13.7. The maximum Gasteiger partial charge on any atom is 0.146 e. The lowest BCUT2D eigenvalue weighted by Gasteiger charge is -2.13. The summed E-state index contributed by atoms with van der Waals surface area (Å²) in [4.78, 5) is 8.47. The van der Waals surface area contributed by atoms with Gasteiger partial charge in [0, 0.05) is 17.3 Å². The lowest BCUT2D eigenvalue weighted by Crippen LogP contribution is -2.15. The van der Waals surface area contributed by atoms with Crippen LogP contribution in [0, 0.1) is 12.7 Å². The van der Waals surface area contributed by atoms with Crippen molar-refractivity contribution in [1.29, 1.82) is 0 Å². The zero-order valence-corrected chi connectivity index (χ0v) is 11.0. The van der Waals surface area contributed by atoms with E-state index in [0.717, 1.165) is 22.2 Å². The zero-order chi connectivity index (χ0) is 14.1. The summed E-state index contributed by atoms with van der Waals surface area (Å²) in [6.07, 6.45) is 1.55. The molecule has 3 rings (SSSR count). The molecule has 0 aliphatic carbocycles. The molecular formula is C16H14FN3. The van der Waals surface area contributed by atoms with Crippen LogP contribution in [0.5, 0.6) is 0 Å². The van der Waals surface area contributed by atoms with Crippen molar-refractivity contribution in [3.63, 3.8) is 0 Å². The molecule has 0 fully saturated rings. The number of aryl methyl sites for hydroxylation is 1. The van der Waals surface area contributed by atoms with E-state index < -0.39 is 6.04 Å². The Morgan fingerprint density at radius 2 is 2.00 bits per heavy atom. The number of nitrogens with two attached hydrogens (primary N) is 1. The van der Waals surface area contributed by atoms with Crippen LogP contribution >= 0.6 is 0 Å². The van der Waals surface area contributed by atoms with E-state index in [-0.39, 0.29) is 11.5 Å². The van der Waals surface area contributed by atoms with Crippen LogP contribution in [0.1, 0.15) is 23.0 Å². The molecule has 2 aromatic heterocycles. The zero-order valence-electron chi connectivity index (χ0n) is 11.0. The first-order valence-electron chi connectivity index (χ1n) is 6.38. The highest BCUT2D eigenvalue weighted by atomic mass is 19.1. The van der Waals surface area contributed by atoms with Gasteiger partial charge < -0.3 is 5.73 Å². The molecular weight excluding hydrogens is 253 g/mol. The van der Waals surface area contributed by atoms with Gasteiger partial charge in [0.05, 0.1) is 17.3 Å². The highest BCUT2D eigenvalue weighted by Crippen LogP contribution is 2.23. The summed E-state index contributed by atoms with van der Waals surface area (Å²) in [5, 5.41) is 0.986. The Balaban J connectivity index is 2.06. The van der Waals surface area contributed by atoms with Crippen molar-refractivity contribution in [2.45, 2.75) is 13.0 Å². The van der Waals surface area contributed by atoms with Crippen LogP contribution in [0.2, 0.25) is 0 Å². The van der Waals surface area contributed by atoms with Crippen LogP contribution in [0.25, 0.3) is 10.9 Å². The third-order valence-corrected chi connectivity index (χ3v) is 3.29. The predicted molar refractivity (Wildman–Crippen MR) is 76.7 cm³/mol. The number of pyridine rings is 2. The third-order valence-electron chi connectivity index (χ3n) is 3.29. The van der Waals surface area contributed by atoms with Crippen LogP contribution in [0.4, 0.5) is 4.39 Å². The molecule has 3 nitrogen and oxygen atoms in total. The summed E-state index contributed by atoms with van der Waals surface area (Å²) >= 11 is 0. The van der Waals surface area contributed by atoms with Crippen molar-refractivity contribution >= 4 is 10.9 Å². The smallest absolute Gasteiger partial charge is 0.146 e. The van der Waals surface area contributed by atoms with E-state index in [4.69, 9.17) is 5.73 Å². The first-order chi connectivity index (χ1) is 9.65. The Morgan fingerprint density at radius 1 is 1.15 bits per heavy atom. The first kappa shape index (κ1) is 12.7. The quantitative estimate of drug-likeness (QED) is 0.776. The largest absolute Gasteiger partial charge is 0.319 e. The molecule has 0 saturated heterocycles. The van der Waals surface area contributed by atoms with Gasteiger partial charge >= 0.3 is 0 Å². The summed E-state index contributed by atoms with van der Waals surface area (Å²) in [6, 6.07) is 12.0. The fourth-order valence-electron chi connectivity index (χ4n) is 2.22. The molecule has 2 N–H and O–H groups in total. The molecule has 1 aromatic carbocycles. The van der Waals surface area contributed by atoms with Crippen molar-refractivity contribution in [2.24, 2.45) is 5.73 Å². The number of nitrogens with zero attached hydrogens (tertiary/aromatic N) is 2. The standard InChI is InChI=1S/C16H14FN3/c1-10-4-5-11-9-12(6-7-14(11)20-10)15(18)16-13(17)3-2-8-19-16/h2-9,15H,18H2,1H3. The molecule has 0 saturated carbocycles. The highest BCUT2D eigenvalue weighted by molar-refractivity contribution is 5.79. The molecule has 0 radical (unpaired) electrons. The second-order valence-electron chi connectivity index (χ2n) is 4.75. The molecule has 1 unspecified atom stereocenters. The minimum atomic E-state index is -0.582. The van der Waals surface area contributed by atoms with Gasteiger partial charge in [-0.05, 0) is 42.8 Å². The van der Waals surface area contributed by atoms with E-state index >= 15 is 0 Å². The van der Waals surface area contributed by atoms with E-state index in [1.54, 1.807) is 12.3 Å². The van der Waals surface area contributed by atoms with Crippen molar-refractivity contribution in [3.05, 3.63) is 71.4 Å². The maximum absolute atomic E-state index is 13.7. The molecule has 0 bridgehead atoms. The lowest BCUT2D eigenvalue weighted by molar-refractivity contribution is 0.586. The SMILES string of the molecule is Cc1ccc2cc(C(N)c3ncccc3F)ccc2n1. The van der Waals surface area contributed by atoms with Crippen molar-refractivity contribution in [3.8, 4) is 0 Å². The second kappa shape index (κ2) is 4.98. The number of rotatable bonds is 2. The van der Waals surface area contributed by atoms with Crippen LogP contribution < -0.4 is 5.73 Å². The second-order valence-corrected chi connectivity index (χ2v) is 4.75. The summed E-state index contributed by atoms with van der Waals surface area (Å²) in [6.45, 7) is 1.95. The minimum Gasteiger partial charge on any atom is -0.319 e. The fourth-order valence-corrected chi connectivity index (χ4v) is 2.22. The van der Waals surface area contributed by atoms with Crippen LogP contribution in [-0.2, 0) is 0 Å². The molecule has 0 spiro atoms. The van der Waals surface area contributed by atoms with Gasteiger partial charge in [0.1, 0.15) is 5.82 Å². The van der Waals surface area contributed by atoms with Gasteiger partial charge in [-0.3, -0.25) is 9.97 Å². The van der Waals surface area contributed by atoms with Crippen molar-refractivity contribution in [2.75, 3.05) is 0 Å². The lowest BCUT2D eigenvalue weighted by atomic mass is 10.0. The van der Waals surface area contributed by atoms with Gasteiger partial charge in [0.25, 0.3) is 0 Å². The topological polar surface area (TPSA) is 51.8 Å². The van der Waals surface area contributed by atoms with Gasteiger partial charge in [-0.25, -0.2) is 4.39 Å². The van der Waals surface area contributed by atoms with Crippen LogP contribution in [0.15, 0.2) is 48.7 Å². The Morgan fingerprint density at radius 3 is 2.80 bits per heavy atom. The predicted octanol–water partition coefficient (Wildman–Crippen LogP) is 3.13. The van der Waals surface area contributed by atoms with E-state index in [0.29, 0.717) is 0 Å². The molecule has 0 aliphatic rings. The number of fused-ring (bicyclic) bond motifs is 1. The molecule has 4 heteroatoms.